The zero-order chi connectivity index (χ0) is 18.2. The number of carbonyl (C=O) groups excluding carboxylic acids is 1. The second-order valence-corrected chi connectivity index (χ2v) is 6.92. The normalized spacial score (nSPS) is 11.5. The molecule has 0 aliphatic carbocycles. The molecule has 0 radical (unpaired) electrons. The van der Waals surface area contributed by atoms with Crippen LogP contribution in [0.5, 0.6) is 5.75 Å². The third-order valence-electron chi connectivity index (χ3n) is 4.00. The van der Waals surface area contributed by atoms with E-state index in [1.807, 2.05) is 20.8 Å². The van der Waals surface area contributed by atoms with E-state index in [1.165, 1.54) is 12.1 Å². The Balaban J connectivity index is 1.98. The number of phenolic OH excluding ortho intramolecular Hbond substituents is 1. The van der Waals surface area contributed by atoms with Gasteiger partial charge in [0.25, 0.3) is 5.91 Å². The molecule has 0 atom stereocenters. The van der Waals surface area contributed by atoms with Gasteiger partial charge in [0.15, 0.2) is 0 Å². The van der Waals surface area contributed by atoms with Crippen molar-refractivity contribution in [1.29, 1.82) is 0 Å². The summed E-state index contributed by atoms with van der Waals surface area (Å²) in [6.07, 6.45) is 0. The zero-order valence-corrected chi connectivity index (χ0v) is 14.3. The maximum absolute atomic E-state index is 12.5. The van der Waals surface area contributed by atoms with Crippen molar-refractivity contribution in [3.63, 3.8) is 0 Å². The third kappa shape index (κ3) is 3.40. The van der Waals surface area contributed by atoms with Gasteiger partial charge in [-0.05, 0) is 35.2 Å². The van der Waals surface area contributed by atoms with Gasteiger partial charge in [-0.2, -0.15) is 0 Å². The maximum Gasteiger partial charge on any atom is 0.349 e. The number of aromatic hydroxyl groups is 1. The van der Waals surface area contributed by atoms with Crippen molar-refractivity contribution in [2.24, 2.45) is 0 Å². The van der Waals surface area contributed by atoms with Crippen LogP contribution in [0.3, 0.4) is 0 Å². The Kier molecular flexibility index (Phi) is 4.08. The lowest BCUT2D eigenvalue weighted by atomic mass is 9.87. The van der Waals surface area contributed by atoms with Gasteiger partial charge in [-0.3, -0.25) is 4.79 Å². The number of fused-ring (bicyclic) bond motifs is 1. The molecule has 0 saturated heterocycles. The maximum atomic E-state index is 12.5. The number of para-hydroxylation sites is 1. The summed E-state index contributed by atoms with van der Waals surface area (Å²) in [6, 6.07) is 13.5. The summed E-state index contributed by atoms with van der Waals surface area (Å²) < 4.78 is 5.18. The predicted molar refractivity (Wildman–Crippen MR) is 97.2 cm³/mol. The van der Waals surface area contributed by atoms with Gasteiger partial charge >= 0.3 is 5.63 Å². The number of nitrogens with one attached hydrogen (secondary N) is 1. The smallest absolute Gasteiger partial charge is 0.349 e. The fourth-order valence-corrected chi connectivity index (χ4v) is 2.51. The van der Waals surface area contributed by atoms with E-state index in [4.69, 9.17) is 4.42 Å². The van der Waals surface area contributed by atoms with E-state index in [0.717, 1.165) is 5.56 Å². The first kappa shape index (κ1) is 16.8. The topological polar surface area (TPSA) is 79.5 Å². The Morgan fingerprint density at radius 1 is 1.08 bits per heavy atom. The fourth-order valence-electron chi connectivity index (χ4n) is 2.51. The quantitative estimate of drug-likeness (QED) is 0.546. The first-order valence-electron chi connectivity index (χ1n) is 7.93. The van der Waals surface area contributed by atoms with Crippen LogP contribution in [0.15, 0.2) is 57.7 Å². The van der Waals surface area contributed by atoms with Crippen LogP contribution in [0.4, 0.5) is 5.69 Å². The molecular formula is C20H19NO4. The minimum Gasteiger partial charge on any atom is -0.506 e. The number of hydrogen-bond acceptors (Lipinski definition) is 4. The van der Waals surface area contributed by atoms with Crippen LogP contribution in [-0.2, 0) is 5.41 Å². The van der Waals surface area contributed by atoms with Crippen molar-refractivity contribution < 1.29 is 14.3 Å². The standard InChI is InChI=1S/C20H19NO4/c1-20(2,3)13-8-9-16(22)15(11-13)21-18(23)14-10-12-6-4-5-7-17(12)25-19(14)24/h4-11,22H,1-3H3,(H,21,23). The Morgan fingerprint density at radius 2 is 1.80 bits per heavy atom. The number of amides is 1. The van der Waals surface area contributed by atoms with Crippen molar-refractivity contribution in [2.75, 3.05) is 5.32 Å². The molecule has 128 valence electrons. The second kappa shape index (κ2) is 6.09. The Morgan fingerprint density at radius 3 is 2.52 bits per heavy atom. The molecule has 1 heterocycles. The number of carbonyl (C=O) groups is 1. The van der Waals surface area contributed by atoms with Crippen molar-refractivity contribution >= 4 is 22.6 Å². The van der Waals surface area contributed by atoms with Gasteiger partial charge in [0.2, 0.25) is 0 Å². The lowest BCUT2D eigenvalue weighted by Crippen LogP contribution is -2.21. The number of rotatable bonds is 2. The molecule has 0 bridgehead atoms. The van der Waals surface area contributed by atoms with E-state index in [0.29, 0.717) is 11.0 Å². The van der Waals surface area contributed by atoms with Crippen molar-refractivity contribution in [2.45, 2.75) is 26.2 Å². The van der Waals surface area contributed by atoms with E-state index in [-0.39, 0.29) is 22.4 Å². The molecule has 0 fully saturated rings. The molecule has 2 N–H and O–H groups in total. The number of anilines is 1. The fraction of sp³-hybridized carbons (Fsp3) is 0.200. The second-order valence-electron chi connectivity index (χ2n) is 6.92. The summed E-state index contributed by atoms with van der Waals surface area (Å²) in [4.78, 5) is 24.6. The minimum absolute atomic E-state index is 0.0634. The highest BCUT2D eigenvalue weighted by atomic mass is 16.4. The average Bonchev–Trinajstić information content (AvgIpc) is 2.55. The van der Waals surface area contributed by atoms with E-state index in [9.17, 15) is 14.7 Å². The summed E-state index contributed by atoms with van der Waals surface area (Å²) in [5.41, 5.74) is 0.648. The van der Waals surface area contributed by atoms with Crippen LogP contribution in [0.25, 0.3) is 11.0 Å². The third-order valence-corrected chi connectivity index (χ3v) is 4.00. The van der Waals surface area contributed by atoms with Crippen molar-refractivity contribution in [3.05, 3.63) is 70.1 Å². The van der Waals surface area contributed by atoms with Crippen LogP contribution >= 0.6 is 0 Å². The summed E-state index contributed by atoms with van der Waals surface area (Å²) in [7, 11) is 0. The molecule has 0 saturated carbocycles. The molecule has 25 heavy (non-hydrogen) atoms. The lowest BCUT2D eigenvalue weighted by molar-refractivity contribution is 0.102. The summed E-state index contributed by atoms with van der Waals surface area (Å²) >= 11 is 0. The molecule has 0 unspecified atom stereocenters. The highest BCUT2D eigenvalue weighted by Gasteiger charge is 2.18. The summed E-state index contributed by atoms with van der Waals surface area (Å²) in [5, 5.41) is 13.3. The molecule has 5 nitrogen and oxygen atoms in total. The Hall–Kier alpha value is -3.08. The van der Waals surface area contributed by atoms with Gasteiger partial charge in [0, 0.05) is 5.39 Å². The van der Waals surface area contributed by atoms with E-state index in [1.54, 1.807) is 36.4 Å². The minimum atomic E-state index is -0.720. The van der Waals surface area contributed by atoms with Gasteiger partial charge in [0.1, 0.15) is 16.9 Å². The molecule has 1 amide bonds. The molecular weight excluding hydrogens is 318 g/mol. The SMILES string of the molecule is CC(C)(C)c1ccc(O)c(NC(=O)c2cc3ccccc3oc2=O)c1. The number of benzene rings is 2. The van der Waals surface area contributed by atoms with Gasteiger partial charge in [0.05, 0.1) is 5.69 Å². The number of phenols is 1. The van der Waals surface area contributed by atoms with Crippen LogP contribution in [0, 0.1) is 0 Å². The Labute approximate surface area is 144 Å². The first-order valence-corrected chi connectivity index (χ1v) is 7.93. The average molecular weight is 337 g/mol. The van der Waals surface area contributed by atoms with Crippen molar-refractivity contribution in [1.82, 2.24) is 0 Å². The summed E-state index contributed by atoms with van der Waals surface area (Å²) in [5.74, 6) is -0.688. The van der Waals surface area contributed by atoms with Crippen LogP contribution in [0.2, 0.25) is 0 Å². The van der Waals surface area contributed by atoms with E-state index < -0.39 is 11.5 Å². The first-order chi connectivity index (χ1) is 11.8. The van der Waals surface area contributed by atoms with Crippen molar-refractivity contribution in [3.8, 4) is 5.75 Å². The van der Waals surface area contributed by atoms with Crippen LogP contribution in [-0.4, -0.2) is 11.0 Å². The highest BCUT2D eigenvalue weighted by molar-refractivity contribution is 6.06. The monoisotopic (exact) mass is 337 g/mol. The highest BCUT2D eigenvalue weighted by Crippen LogP contribution is 2.31. The predicted octanol–water partition coefficient (Wildman–Crippen LogP) is 4.05. The van der Waals surface area contributed by atoms with Gasteiger partial charge in [-0.25, -0.2) is 4.79 Å². The molecule has 2 aromatic carbocycles. The molecule has 5 heteroatoms. The van der Waals surface area contributed by atoms with Crippen LogP contribution in [0.1, 0.15) is 36.7 Å². The lowest BCUT2D eigenvalue weighted by Gasteiger charge is -2.20. The van der Waals surface area contributed by atoms with E-state index in [2.05, 4.69) is 5.32 Å². The zero-order valence-electron chi connectivity index (χ0n) is 14.3. The Bertz CT molecular complexity index is 1010. The largest absolute Gasteiger partial charge is 0.506 e. The molecule has 3 aromatic rings. The van der Waals surface area contributed by atoms with Crippen LogP contribution < -0.4 is 10.9 Å². The van der Waals surface area contributed by atoms with Gasteiger partial charge in [-0.1, -0.05) is 45.0 Å². The van der Waals surface area contributed by atoms with Gasteiger partial charge in [-0.15, -0.1) is 0 Å². The number of hydrogen-bond donors (Lipinski definition) is 2. The molecule has 1 aromatic heterocycles. The van der Waals surface area contributed by atoms with E-state index >= 15 is 0 Å². The molecule has 3 rings (SSSR count). The molecule has 0 aliphatic heterocycles. The molecule has 0 aliphatic rings. The van der Waals surface area contributed by atoms with Gasteiger partial charge < -0.3 is 14.8 Å². The summed E-state index contributed by atoms with van der Waals surface area (Å²) in [6.45, 7) is 6.09. The molecule has 0 spiro atoms.